The average molecular weight is 277 g/mol. The fourth-order valence-electron chi connectivity index (χ4n) is 2.54. The van der Waals surface area contributed by atoms with Gasteiger partial charge in [-0.1, -0.05) is 5.16 Å². The van der Waals surface area contributed by atoms with Crippen molar-refractivity contribution in [2.75, 3.05) is 20.3 Å². The van der Waals surface area contributed by atoms with Gasteiger partial charge in [-0.15, -0.1) is 10.2 Å². The van der Waals surface area contributed by atoms with Crippen molar-refractivity contribution < 1.29 is 18.4 Å². The minimum absolute atomic E-state index is 0.435. The van der Waals surface area contributed by atoms with E-state index in [0.717, 1.165) is 24.1 Å². The Hall–Kier alpha value is -1.73. The van der Waals surface area contributed by atoms with Gasteiger partial charge in [0.15, 0.2) is 5.60 Å². The van der Waals surface area contributed by atoms with Crippen molar-refractivity contribution in [1.29, 1.82) is 0 Å². The molecule has 20 heavy (non-hydrogen) atoms. The van der Waals surface area contributed by atoms with Gasteiger partial charge in [-0.25, -0.2) is 0 Å². The average Bonchev–Trinajstić information content (AvgIpc) is 2.93. The van der Waals surface area contributed by atoms with Crippen LogP contribution in [0, 0.1) is 0 Å². The van der Waals surface area contributed by atoms with Crippen molar-refractivity contribution in [2.45, 2.75) is 30.8 Å². The second kappa shape index (κ2) is 4.39. The van der Waals surface area contributed by atoms with Gasteiger partial charge in [0.25, 0.3) is 11.8 Å². The molecule has 2 aromatic rings. The predicted octanol–water partition coefficient (Wildman–Crippen LogP) is 1.86. The molecule has 1 saturated carbocycles. The van der Waals surface area contributed by atoms with Crippen LogP contribution in [0.4, 0.5) is 0 Å². The topological polar surface area (TPSA) is 83.4 Å². The van der Waals surface area contributed by atoms with Crippen molar-refractivity contribution in [1.82, 2.24) is 15.4 Å². The summed E-state index contributed by atoms with van der Waals surface area (Å²) in [6.45, 7) is 1.07. The summed E-state index contributed by atoms with van der Waals surface area (Å²) in [4.78, 5) is 0. The molecule has 0 N–H and O–H groups in total. The molecule has 0 bridgehead atoms. The summed E-state index contributed by atoms with van der Waals surface area (Å²) in [5, 5.41) is 12.3. The molecule has 7 heteroatoms. The van der Waals surface area contributed by atoms with Crippen LogP contribution in [0.2, 0.25) is 0 Å². The molecule has 7 nitrogen and oxygen atoms in total. The van der Waals surface area contributed by atoms with E-state index in [1.54, 1.807) is 13.4 Å². The summed E-state index contributed by atoms with van der Waals surface area (Å²) < 4.78 is 21.8. The Bertz CT molecular complexity index is 611. The molecule has 0 amide bonds. The number of nitrogens with zero attached hydrogens (tertiary/aromatic N) is 3. The summed E-state index contributed by atoms with van der Waals surface area (Å²) in [5.41, 5.74) is 1.08. The summed E-state index contributed by atoms with van der Waals surface area (Å²) in [7, 11) is 1.63. The molecule has 1 atom stereocenters. The summed E-state index contributed by atoms with van der Waals surface area (Å²) >= 11 is 0. The molecule has 1 unspecified atom stereocenters. The first kappa shape index (κ1) is 12.0. The molecule has 2 aliphatic rings. The van der Waals surface area contributed by atoms with E-state index >= 15 is 0 Å². The number of rotatable bonds is 4. The van der Waals surface area contributed by atoms with E-state index in [2.05, 4.69) is 15.4 Å². The Morgan fingerprint density at radius 2 is 2.25 bits per heavy atom. The summed E-state index contributed by atoms with van der Waals surface area (Å²) in [6.07, 6.45) is 4.55. The van der Waals surface area contributed by atoms with Crippen LogP contribution < -0.4 is 0 Å². The quantitative estimate of drug-likeness (QED) is 0.843. The first-order valence-corrected chi connectivity index (χ1v) is 6.74. The van der Waals surface area contributed by atoms with E-state index in [9.17, 15) is 0 Å². The number of hydrogen-bond donors (Lipinski definition) is 0. The first-order valence-electron chi connectivity index (χ1n) is 6.74. The van der Waals surface area contributed by atoms with E-state index in [1.165, 1.54) is 0 Å². The van der Waals surface area contributed by atoms with Gasteiger partial charge in [0.05, 0.1) is 18.9 Å². The number of aromatic nitrogens is 3. The van der Waals surface area contributed by atoms with Crippen LogP contribution in [0.15, 0.2) is 15.2 Å². The van der Waals surface area contributed by atoms with Crippen molar-refractivity contribution in [3.05, 3.63) is 17.8 Å². The second-order valence-corrected chi connectivity index (χ2v) is 5.30. The maximum absolute atomic E-state index is 5.80. The maximum Gasteiger partial charge on any atom is 0.253 e. The van der Waals surface area contributed by atoms with E-state index in [1.807, 2.05) is 0 Å². The van der Waals surface area contributed by atoms with Gasteiger partial charge in [-0.05, 0) is 12.8 Å². The van der Waals surface area contributed by atoms with Crippen LogP contribution in [0.3, 0.4) is 0 Å². The molecule has 0 aromatic carbocycles. The van der Waals surface area contributed by atoms with Crippen LogP contribution in [0.25, 0.3) is 11.5 Å². The van der Waals surface area contributed by atoms with E-state index < -0.39 is 5.60 Å². The molecular weight excluding hydrogens is 262 g/mol. The third-order valence-corrected chi connectivity index (χ3v) is 3.98. The maximum atomic E-state index is 5.80. The Kier molecular flexibility index (Phi) is 2.64. The van der Waals surface area contributed by atoms with Crippen LogP contribution in [0.5, 0.6) is 0 Å². The Morgan fingerprint density at radius 1 is 1.35 bits per heavy atom. The first-order chi connectivity index (χ1) is 9.82. The van der Waals surface area contributed by atoms with Crippen molar-refractivity contribution in [3.8, 4) is 11.5 Å². The zero-order valence-electron chi connectivity index (χ0n) is 11.2. The Morgan fingerprint density at radius 3 is 2.95 bits per heavy atom. The lowest BCUT2D eigenvalue weighted by Gasteiger charge is -2.20. The van der Waals surface area contributed by atoms with Crippen molar-refractivity contribution in [2.24, 2.45) is 0 Å². The smallest absolute Gasteiger partial charge is 0.253 e. The molecule has 106 valence electrons. The molecule has 3 heterocycles. The molecule has 0 radical (unpaired) electrons. The van der Waals surface area contributed by atoms with Crippen LogP contribution >= 0.6 is 0 Å². The van der Waals surface area contributed by atoms with Gasteiger partial charge < -0.3 is 18.4 Å². The monoisotopic (exact) mass is 277 g/mol. The molecule has 0 spiro atoms. The predicted molar refractivity (Wildman–Crippen MR) is 65.9 cm³/mol. The van der Waals surface area contributed by atoms with Crippen LogP contribution in [-0.4, -0.2) is 35.7 Å². The highest BCUT2D eigenvalue weighted by atomic mass is 16.6. The van der Waals surface area contributed by atoms with Gasteiger partial charge >= 0.3 is 0 Å². The fraction of sp³-hybridized carbons (Fsp3) is 0.615. The SMILES string of the molecule is COC1(c2nnc(-c3conc3C3CC3)o2)CCOC1. The van der Waals surface area contributed by atoms with E-state index in [0.29, 0.717) is 37.3 Å². The lowest BCUT2D eigenvalue weighted by molar-refractivity contribution is -0.0407. The summed E-state index contributed by atoms with van der Waals surface area (Å²) in [6, 6.07) is 0. The van der Waals surface area contributed by atoms with Gasteiger partial charge in [0, 0.05) is 19.4 Å². The molecule has 1 saturated heterocycles. The van der Waals surface area contributed by atoms with E-state index in [-0.39, 0.29) is 0 Å². The molecular formula is C13H15N3O4. The van der Waals surface area contributed by atoms with Crippen LogP contribution in [-0.2, 0) is 15.1 Å². The van der Waals surface area contributed by atoms with Gasteiger partial charge in [-0.2, -0.15) is 0 Å². The van der Waals surface area contributed by atoms with E-state index in [4.69, 9.17) is 18.4 Å². The van der Waals surface area contributed by atoms with Crippen LogP contribution in [0.1, 0.15) is 36.8 Å². The highest BCUT2D eigenvalue weighted by Gasteiger charge is 2.42. The second-order valence-electron chi connectivity index (χ2n) is 5.30. The standard InChI is InChI=1S/C13H15N3O4/c1-17-13(4-5-18-7-13)12-15-14-11(20-12)9-6-19-16-10(9)8-2-3-8/h6,8H,2-5,7H2,1H3. The highest BCUT2D eigenvalue weighted by Crippen LogP contribution is 2.44. The minimum Gasteiger partial charge on any atom is -0.417 e. The van der Waals surface area contributed by atoms with Gasteiger partial charge in [0.2, 0.25) is 0 Å². The van der Waals surface area contributed by atoms with Crippen molar-refractivity contribution in [3.63, 3.8) is 0 Å². The molecule has 1 aliphatic heterocycles. The normalized spacial score (nSPS) is 26.2. The minimum atomic E-state index is -0.623. The van der Waals surface area contributed by atoms with Gasteiger partial charge in [0.1, 0.15) is 11.8 Å². The zero-order valence-corrected chi connectivity index (χ0v) is 11.2. The van der Waals surface area contributed by atoms with Gasteiger partial charge in [-0.3, -0.25) is 0 Å². The number of hydrogen-bond acceptors (Lipinski definition) is 7. The largest absolute Gasteiger partial charge is 0.417 e. The molecule has 1 aliphatic carbocycles. The lowest BCUT2D eigenvalue weighted by atomic mass is 10.0. The Balaban J connectivity index is 1.69. The highest BCUT2D eigenvalue weighted by molar-refractivity contribution is 5.56. The Labute approximate surface area is 115 Å². The van der Waals surface area contributed by atoms with Crippen molar-refractivity contribution >= 4 is 0 Å². The zero-order chi connectivity index (χ0) is 13.6. The molecule has 4 rings (SSSR count). The molecule has 2 aromatic heterocycles. The fourth-order valence-corrected chi connectivity index (χ4v) is 2.54. The summed E-state index contributed by atoms with van der Waals surface area (Å²) in [5.74, 6) is 1.35. The third kappa shape index (κ3) is 1.77. The lowest BCUT2D eigenvalue weighted by Crippen LogP contribution is -2.29. The number of ether oxygens (including phenoxy) is 2. The third-order valence-electron chi connectivity index (χ3n) is 3.98. The molecule has 2 fully saturated rings. The number of methoxy groups -OCH3 is 1.